The van der Waals surface area contributed by atoms with Crippen LogP contribution in [0.15, 0.2) is 35.4 Å². The second-order valence-corrected chi connectivity index (χ2v) is 5.10. The van der Waals surface area contributed by atoms with Gasteiger partial charge in [-0.25, -0.2) is 4.39 Å². The summed E-state index contributed by atoms with van der Waals surface area (Å²) in [4.78, 5) is 0.904. The molecule has 0 amide bonds. The number of benzene rings is 1. The van der Waals surface area contributed by atoms with Gasteiger partial charge >= 0.3 is 0 Å². The Morgan fingerprint density at radius 2 is 2.11 bits per heavy atom. The molecule has 1 heterocycles. The fourth-order valence-corrected chi connectivity index (χ4v) is 2.59. The van der Waals surface area contributed by atoms with Gasteiger partial charge in [-0.1, -0.05) is 0 Å². The number of aliphatic hydroxyl groups is 1. The Labute approximate surface area is 115 Å². The molecule has 1 atom stereocenters. The Hall–Kier alpha value is -1.53. The number of hydrogen-bond acceptors (Lipinski definition) is 4. The number of nitrogens with zero attached hydrogens (tertiary/aromatic N) is 2. The zero-order valence-corrected chi connectivity index (χ0v) is 11.5. The van der Waals surface area contributed by atoms with Crippen LogP contribution in [0.1, 0.15) is 11.8 Å². The van der Waals surface area contributed by atoms with Crippen LogP contribution in [0, 0.1) is 5.82 Å². The maximum atomic E-state index is 12.8. The first-order valence-electron chi connectivity index (χ1n) is 5.74. The van der Waals surface area contributed by atoms with Crippen LogP contribution in [0.25, 0.3) is 0 Å². The highest BCUT2D eigenvalue weighted by atomic mass is 32.2. The van der Waals surface area contributed by atoms with Gasteiger partial charge in [0.2, 0.25) is 0 Å². The number of hydrogen-bond donors (Lipinski definition) is 1. The van der Waals surface area contributed by atoms with Gasteiger partial charge < -0.3 is 9.84 Å². The van der Waals surface area contributed by atoms with Gasteiger partial charge in [0.25, 0.3) is 0 Å². The van der Waals surface area contributed by atoms with E-state index in [1.807, 2.05) is 0 Å². The standard InChI is InChI=1S/C13H15FN2O2S/c1-16-13(12(18-2)7-15-16)11(17)8-19-10-5-3-9(14)4-6-10/h3-7,11,17H,8H2,1-2H3. The van der Waals surface area contributed by atoms with Crippen LogP contribution in [-0.4, -0.2) is 27.7 Å². The van der Waals surface area contributed by atoms with Crippen molar-refractivity contribution in [2.75, 3.05) is 12.9 Å². The Kier molecular flexibility index (Phi) is 4.44. The SMILES string of the molecule is COc1cnn(C)c1C(O)CSc1ccc(F)cc1. The summed E-state index contributed by atoms with van der Waals surface area (Å²) < 4.78 is 19.5. The Morgan fingerprint density at radius 1 is 1.42 bits per heavy atom. The lowest BCUT2D eigenvalue weighted by atomic mass is 10.2. The molecule has 0 radical (unpaired) electrons. The third-order valence-corrected chi connectivity index (χ3v) is 3.79. The molecule has 0 saturated carbocycles. The van der Waals surface area contributed by atoms with Gasteiger partial charge in [-0.15, -0.1) is 11.8 Å². The van der Waals surface area contributed by atoms with Gasteiger partial charge in [-0.05, 0) is 24.3 Å². The second-order valence-electron chi connectivity index (χ2n) is 4.00. The fraction of sp³-hybridized carbons (Fsp3) is 0.308. The molecular formula is C13H15FN2O2S. The summed E-state index contributed by atoms with van der Waals surface area (Å²) in [6, 6.07) is 6.18. The number of aliphatic hydroxyl groups excluding tert-OH is 1. The van der Waals surface area contributed by atoms with Crippen molar-refractivity contribution < 1.29 is 14.2 Å². The quantitative estimate of drug-likeness (QED) is 0.855. The van der Waals surface area contributed by atoms with Crippen LogP contribution in [0.5, 0.6) is 5.75 Å². The number of thioether (sulfide) groups is 1. The minimum Gasteiger partial charge on any atom is -0.493 e. The molecule has 1 N–H and O–H groups in total. The molecule has 102 valence electrons. The molecule has 0 bridgehead atoms. The first kappa shape index (κ1) is 13.9. The van der Waals surface area contributed by atoms with Crippen molar-refractivity contribution in [3.8, 4) is 5.75 Å². The van der Waals surface area contributed by atoms with E-state index in [0.717, 1.165) is 4.90 Å². The van der Waals surface area contributed by atoms with Gasteiger partial charge in [0.1, 0.15) is 17.6 Å². The number of ether oxygens (including phenoxy) is 1. The summed E-state index contributed by atoms with van der Waals surface area (Å²) in [5.41, 5.74) is 0.636. The molecule has 6 heteroatoms. The summed E-state index contributed by atoms with van der Waals surface area (Å²) >= 11 is 1.45. The molecule has 1 unspecified atom stereocenters. The third-order valence-electron chi connectivity index (χ3n) is 2.71. The first-order valence-corrected chi connectivity index (χ1v) is 6.72. The van der Waals surface area contributed by atoms with Crippen molar-refractivity contribution in [1.29, 1.82) is 0 Å². The molecule has 0 aliphatic rings. The predicted octanol–water partition coefficient (Wildman–Crippen LogP) is 2.39. The monoisotopic (exact) mass is 282 g/mol. The normalized spacial score (nSPS) is 12.4. The molecule has 1 aromatic carbocycles. The highest BCUT2D eigenvalue weighted by Gasteiger charge is 2.18. The van der Waals surface area contributed by atoms with Gasteiger partial charge in [0.05, 0.1) is 13.3 Å². The minimum atomic E-state index is -0.697. The predicted molar refractivity (Wildman–Crippen MR) is 71.8 cm³/mol. The highest BCUT2D eigenvalue weighted by Crippen LogP contribution is 2.29. The maximum Gasteiger partial charge on any atom is 0.162 e. The summed E-state index contributed by atoms with van der Waals surface area (Å²) in [7, 11) is 3.30. The van der Waals surface area contributed by atoms with Crippen molar-refractivity contribution in [3.63, 3.8) is 0 Å². The molecule has 4 nitrogen and oxygen atoms in total. The fourth-order valence-electron chi connectivity index (χ4n) is 1.75. The van der Waals surface area contributed by atoms with Gasteiger partial charge in [0.15, 0.2) is 5.75 Å². The summed E-state index contributed by atoms with van der Waals surface area (Å²) in [5, 5.41) is 14.2. The maximum absolute atomic E-state index is 12.8. The zero-order chi connectivity index (χ0) is 13.8. The Morgan fingerprint density at radius 3 is 2.74 bits per heavy atom. The van der Waals surface area contributed by atoms with Crippen molar-refractivity contribution in [3.05, 3.63) is 42.0 Å². The van der Waals surface area contributed by atoms with Crippen molar-refractivity contribution >= 4 is 11.8 Å². The summed E-state index contributed by atoms with van der Waals surface area (Å²) in [6.45, 7) is 0. The van der Waals surface area contributed by atoms with Crippen molar-refractivity contribution in [2.24, 2.45) is 7.05 Å². The molecule has 0 aliphatic heterocycles. The average Bonchev–Trinajstić information content (AvgIpc) is 2.79. The number of methoxy groups -OCH3 is 1. The molecule has 19 heavy (non-hydrogen) atoms. The Bertz CT molecular complexity index is 542. The molecule has 1 aromatic heterocycles. The molecule has 2 aromatic rings. The van der Waals surface area contributed by atoms with Gasteiger partial charge in [-0.2, -0.15) is 5.10 Å². The molecule has 0 saturated heterocycles. The van der Waals surface area contributed by atoms with Crippen LogP contribution < -0.4 is 4.74 Å². The summed E-state index contributed by atoms with van der Waals surface area (Å²) in [5.74, 6) is 0.745. The van der Waals surface area contributed by atoms with E-state index < -0.39 is 6.10 Å². The third kappa shape index (κ3) is 3.27. The smallest absolute Gasteiger partial charge is 0.162 e. The lowest BCUT2D eigenvalue weighted by Crippen LogP contribution is -2.08. The molecule has 0 fully saturated rings. The lowest BCUT2D eigenvalue weighted by Gasteiger charge is -2.12. The number of aromatic nitrogens is 2. The highest BCUT2D eigenvalue weighted by molar-refractivity contribution is 7.99. The number of aryl methyl sites for hydroxylation is 1. The van der Waals surface area contributed by atoms with Crippen LogP contribution in [0.4, 0.5) is 4.39 Å². The minimum absolute atomic E-state index is 0.266. The van der Waals surface area contributed by atoms with E-state index in [4.69, 9.17) is 4.74 Å². The van der Waals surface area contributed by atoms with E-state index in [2.05, 4.69) is 5.10 Å². The average molecular weight is 282 g/mol. The topological polar surface area (TPSA) is 47.3 Å². The van der Waals surface area contributed by atoms with Gasteiger partial charge in [0, 0.05) is 17.7 Å². The van der Waals surface area contributed by atoms with Crippen LogP contribution in [0.2, 0.25) is 0 Å². The molecular weight excluding hydrogens is 267 g/mol. The lowest BCUT2D eigenvalue weighted by molar-refractivity contribution is 0.188. The van der Waals surface area contributed by atoms with E-state index in [9.17, 15) is 9.50 Å². The number of rotatable bonds is 5. The first-order chi connectivity index (χ1) is 9.11. The van der Waals surface area contributed by atoms with Crippen molar-refractivity contribution in [1.82, 2.24) is 9.78 Å². The van der Waals surface area contributed by atoms with Crippen LogP contribution in [0.3, 0.4) is 0 Å². The molecule has 0 aliphatic carbocycles. The largest absolute Gasteiger partial charge is 0.493 e. The van der Waals surface area contributed by atoms with Crippen LogP contribution >= 0.6 is 11.8 Å². The molecule has 2 rings (SSSR count). The van der Waals surface area contributed by atoms with Crippen molar-refractivity contribution in [2.45, 2.75) is 11.0 Å². The Balaban J connectivity index is 2.03. The molecule has 0 spiro atoms. The van der Waals surface area contributed by atoms with E-state index in [0.29, 0.717) is 17.2 Å². The van der Waals surface area contributed by atoms with E-state index in [1.54, 1.807) is 37.2 Å². The summed E-state index contributed by atoms with van der Waals surface area (Å²) in [6.07, 6.45) is 0.874. The number of halogens is 1. The van der Waals surface area contributed by atoms with Gasteiger partial charge in [-0.3, -0.25) is 4.68 Å². The van der Waals surface area contributed by atoms with E-state index in [-0.39, 0.29) is 5.82 Å². The second kappa shape index (κ2) is 6.08. The van der Waals surface area contributed by atoms with E-state index in [1.165, 1.54) is 23.9 Å². The zero-order valence-electron chi connectivity index (χ0n) is 10.7. The van der Waals surface area contributed by atoms with Crippen LogP contribution in [-0.2, 0) is 7.05 Å². The van der Waals surface area contributed by atoms with E-state index >= 15 is 0 Å².